The van der Waals surface area contributed by atoms with Crippen molar-refractivity contribution < 1.29 is 22.1 Å². The monoisotopic (exact) mass is 438 g/mol. The van der Waals surface area contributed by atoms with Gasteiger partial charge in [-0.25, -0.2) is 5.43 Å². The molecule has 0 radical (unpaired) electrons. The van der Waals surface area contributed by atoms with Gasteiger partial charge in [0.25, 0.3) is 5.91 Å². The average molecular weight is 439 g/mol. The zero-order chi connectivity index (χ0) is 22.3. The normalized spacial score (nSPS) is 11.3. The van der Waals surface area contributed by atoms with Crippen LogP contribution in [0, 0.1) is 13.8 Å². The van der Waals surface area contributed by atoms with E-state index in [9.17, 15) is 13.2 Å². The summed E-state index contributed by atoms with van der Waals surface area (Å²) in [5.41, 5.74) is 4.59. The highest BCUT2D eigenvalue weighted by atomic mass is 32.2. The molecule has 0 bridgehead atoms. The number of hydrogen-bond donors (Lipinski definition) is 1. The van der Waals surface area contributed by atoms with Gasteiger partial charge in [0, 0.05) is 5.56 Å². The Labute approximate surface area is 181 Å². The van der Waals surface area contributed by atoms with E-state index in [-0.39, 0.29) is 17.3 Å². The smallest absolute Gasteiger partial charge is 0.339 e. The molecule has 1 amide bonds. The summed E-state index contributed by atoms with van der Waals surface area (Å²) in [6.45, 7) is 3.54. The fourth-order valence-corrected chi connectivity index (χ4v) is 3.56. The summed E-state index contributed by atoms with van der Waals surface area (Å²) < 4.78 is 35.8. The standard InChI is InChI=1S/C23H22N2O5S/c1-17-11-13-20(14-12-17)31(27,28)30-22-10-6-4-8-19(22)15-24-25-23(26)16-29-21-9-5-3-7-18(21)2/h3-15H,16H2,1-2H3,(H,25,26). The van der Waals surface area contributed by atoms with E-state index in [4.69, 9.17) is 8.92 Å². The topological polar surface area (TPSA) is 94.1 Å². The summed E-state index contributed by atoms with van der Waals surface area (Å²) in [5, 5.41) is 3.87. The lowest BCUT2D eigenvalue weighted by atomic mass is 10.2. The Hall–Kier alpha value is -3.65. The van der Waals surface area contributed by atoms with Crippen molar-refractivity contribution in [3.63, 3.8) is 0 Å². The Kier molecular flexibility index (Phi) is 7.04. The maximum atomic E-state index is 12.5. The van der Waals surface area contributed by atoms with Crippen LogP contribution in [0.2, 0.25) is 0 Å². The average Bonchev–Trinajstić information content (AvgIpc) is 2.74. The predicted octanol–water partition coefficient (Wildman–Crippen LogP) is 3.60. The number of para-hydroxylation sites is 2. The lowest BCUT2D eigenvalue weighted by molar-refractivity contribution is -0.123. The van der Waals surface area contributed by atoms with Gasteiger partial charge in [-0.1, -0.05) is 48.0 Å². The number of benzene rings is 3. The molecule has 3 aromatic rings. The number of nitrogens with one attached hydrogen (secondary N) is 1. The molecular formula is C23H22N2O5S. The first kappa shape index (κ1) is 22.0. The molecule has 0 spiro atoms. The van der Waals surface area contributed by atoms with Gasteiger partial charge in [-0.15, -0.1) is 0 Å². The van der Waals surface area contributed by atoms with Gasteiger partial charge >= 0.3 is 10.1 Å². The SMILES string of the molecule is Cc1ccc(S(=O)(=O)Oc2ccccc2C=NNC(=O)COc2ccccc2C)cc1. The molecule has 0 aliphatic carbocycles. The van der Waals surface area contributed by atoms with E-state index in [2.05, 4.69) is 10.5 Å². The van der Waals surface area contributed by atoms with Crippen molar-refractivity contribution in [2.45, 2.75) is 18.7 Å². The van der Waals surface area contributed by atoms with E-state index >= 15 is 0 Å². The largest absolute Gasteiger partial charge is 0.483 e. The predicted molar refractivity (Wildman–Crippen MR) is 118 cm³/mol. The summed E-state index contributed by atoms with van der Waals surface area (Å²) in [6, 6.07) is 20.2. The van der Waals surface area contributed by atoms with Gasteiger partial charge in [-0.2, -0.15) is 13.5 Å². The van der Waals surface area contributed by atoms with Crippen LogP contribution in [0.4, 0.5) is 0 Å². The highest BCUT2D eigenvalue weighted by molar-refractivity contribution is 7.87. The number of hydrogen-bond acceptors (Lipinski definition) is 6. The number of rotatable bonds is 8. The molecule has 0 heterocycles. The summed E-state index contributed by atoms with van der Waals surface area (Å²) in [4.78, 5) is 12.0. The van der Waals surface area contributed by atoms with Gasteiger partial charge in [0.2, 0.25) is 0 Å². The third kappa shape index (κ3) is 6.16. The van der Waals surface area contributed by atoms with Crippen LogP contribution in [-0.4, -0.2) is 27.1 Å². The fourth-order valence-electron chi connectivity index (χ4n) is 2.60. The minimum absolute atomic E-state index is 0.0477. The Morgan fingerprint density at radius 3 is 2.29 bits per heavy atom. The van der Waals surface area contributed by atoms with Crippen LogP contribution in [0.5, 0.6) is 11.5 Å². The zero-order valence-corrected chi connectivity index (χ0v) is 17.9. The van der Waals surface area contributed by atoms with Crippen LogP contribution >= 0.6 is 0 Å². The summed E-state index contributed by atoms with van der Waals surface area (Å²) in [7, 11) is -4.01. The molecule has 31 heavy (non-hydrogen) atoms. The lowest BCUT2D eigenvalue weighted by Crippen LogP contribution is -2.24. The summed E-state index contributed by atoms with van der Waals surface area (Å²) in [5.74, 6) is 0.254. The van der Waals surface area contributed by atoms with Gasteiger partial charge in [0.05, 0.1) is 6.21 Å². The molecule has 3 rings (SSSR count). The third-order valence-electron chi connectivity index (χ3n) is 4.27. The van der Waals surface area contributed by atoms with E-state index in [1.54, 1.807) is 36.4 Å². The van der Waals surface area contributed by atoms with Crippen molar-refractivity contribution in [2.75, 3.05) is 6.61 Å². The number of carbonyl (C=O) groups excluding carboxylic acids is 1. The molecule has 8 heteroatoms. The number of nitrogens with zero attached hydrogens (tertiary/aromatic N) is 1. The van der Waals surface area contributed by atoms with Crippen molar-refractivity contribution in [3.05, 3.63) is 89.5 Å². The second-order valence-corrected chi connectivity index (χ2v) is 8.28. The Morgan fingerprint density at radius 2 is 1.58 bits per heavy atom. The van der Waals surface area contributed by atoms with E-state index in [0.717, 1.165) is 11.1 Å². The van der Waals surface area contributed by atoms with Crippen LogP contribution in [0.3, 0.4) is 0 Å². The van der Waals surface area contributed by atoms with Crippen LogP contribution in [0.1, 0.15) is 16.7 Å². The van der Waals surface area contributed by atoms with E-state index in [0.29, 0.717) is 11.3 Å². The van der Waals surface area contributed by atoms with Crippen molar-refractivity contribution in [1.29, 1.82) is 0 Å². The van der Waals surface area contributed by atoms with E-state index in [1.165, 1.54) is 24.4 Å². The minimum atomic E-state index is -4.01. The second-order valence-electron chi connectivity index (χ2n) is 6.74. The van der Waals surface area contributed by atoms with Crippen LogP contribution in [-0.2, 0) is 14.9 Å². The van der Waals surface area contributed by atoms with E-state index < -0.39 is 16.0 Å². The maximum Gasteiger partial charge on any atom is 0.339 e. The summed E-state index contributed by atoms with van der Waals surface area (Å²) in [6.07, 6.45) is 1.31. The lowest BCUT2D eigenvalue weighted by Gasteiger charge is -2.09. The Balaban J connectivity index is 1.63. The van der Waals surface area contributed by atoms with Crippen LogP contribution < -0.4 is 14.3 Å². The maximum absolute atomic E-state index is 12.5. The van der Waals surface area contributed by atoms with Crippen molar-refractivity contribution in [1.82, 2.24) is 5.43 Å². The molecule has 3 aromatic carbocycles. The van der Waals surface area contributed by atoms with Crippen molar-refractivity contribution in [2.24, 2.45) is 5.10 Å². The number of amides is 1. The highest BCUT2D eigenvalue weighted by Crippen LogP contribution is 2.22. The van der Waals surface area contributed by atoms with Gasteiger partial charge in [-0.05, 0) is 49.7 Å². The minimum Gasteiger partial charge on any atom is -0.483 e. The molecule has 1 N–H and O–H groups in total. The first-order valence-electron chi connectivity index (χ1n) is 9.46. The molecule has 0 aromatic heterocycles. The van der Waals surface area contributed by atoms with Crippen molar-refractivity contribution in [3.8, 4) is 11.5 Å². The molecule has 160 valence electrons. The molecule has 0 aliphatic rings. The summed E-state index contributed by atoms with van der Waals surface area (Å²) >= 11 is 0. The molecule has 0 saturated heterocycles. The molecule has 0 aliphatic heterocycles. The molecule has 0 unspecified atom stereocenters. The molecular weight excluding hydrogens is 416 g/mol. The quantitative estimate of drug-likeness (QED) is 0.329. The zero-order valence-electron chi connectivity index (χ0n) is 17.1. The number of hydrazone groups is 1. The van der Waals surface area contributed by atoms with Crippen LogP contribution in [0.25, 0.3) is 0 Å². The fraction of sp³-hybridized carbons (Fsp3) is 0.130. The van der Waals surface area contributed by atoms with Gasteiger partial charge in [0.1, 0.15) is 10.6 Å². The van der Waals surface area contributed by atoms with Gasteiger partial charge < -0.3 is 8.92 Å². The number of carbonyl (C=O) groups is 1. The van der Waals surface area contributed by atoms with Gasteiger partial charge in [0.15, 0.2) is 12.4 Å². The van der Waals surface area contributed by atoms with Crippen molar-refractivity contribution >= 4 is 22.2 Å². The molecule has 0 fully saturated rings. The molecule has 0 saturated carbocycles. The number of ether oxygens (including phenoxy) is 1. The first-order chi connectivity index (χ1) is 14.8. The Bertz CT molecular complexity index is 1190. The second kappa shape index (κ2) is 9.90. The highest BCUT2D eigenvalue weighted by Gasteiger charge is 2.17. The Morgan fingerprint density at radius 1 is 0.935 bits per heavy atom. The first-order valence-corrected chi connectivity index (χ1v) is 10.9. The molecule has 0 atom stereocenters. The van der Waals surface area contributed by atoms with E-state index in [1.807, 2.05) is 32.0 Å². The van der Waals surface area contributed by atoms with Gasteiger partial charge in [-0.3, -0.25) is 4.79 Å². The number of aryl methyl sites for hydroxylation is 2. The third-order valence-corrected chi connectivity index (χ3v) is 5.52. The van der Waals surface area contributed by atoms with Crippen LogP contribution in [0.15, 0.2) is 82.8 Å². The molecule has 7 nitrogen and oxygen atoms in total.